The van der Waals surface area contributed by atoms with E-state index < -0.39 is 0 Å². The second kappa shape index (κ2) is 6.63. The fourth-order valence-corrected chi connectivity index (χ4v) is 2.94. The van der Waals surface area contributed by atoms with Crippen LogP contribution in [0.3, 0.4) is 0 Å². The van der Waals surface area contributed by atoms with E-state index in [9.17, 15) is 4.79 Å². The van der Waals surface area contributed by atoms with Crippen molar-refractivity contribution in [1.29, 1.82) is 5.26 Å². The van der Waals surface area contributed by atoms with Crippen molar-refractivity contribution in [1.82, 2.24) is 9.78 Å². The number of anilines is 1. The molecule has 0 radical (unpaired) electrons. The molecule has 2 aromatic rings. The molecule has 3 N–H and O–H groups in total. The van der Waals surface area contributed by atoms with E-state index in [1.165, 1.54) is 6.20 Å². The highest BCUT2D eigenvalue weighted by Crippen LogP contribution is 2.24. The van der Waals surface area contributed by atoms with Gasteiger partial charge in [-0.05, 0) is 37.1 Å². The van der Waals surface area contributed by atoms with Crippen LogP contribution in [0.25, 0.3) is 5.69 Å². The van der Waals surface area contributed by atoms with Gasteiger partial charge in [-0.25, -0.2) is 4.68 Å². The molecule has 1 heterocycles. The Bertz CT molecular complexity index is 728. The molecule has 3 rings (SSSR count). The van der Waals surface area contributed by atoms with Crippen LogP contribution in [-0.4, -0.2) is 21.7 Å². The van der Waals surface area contributed by atoms with Crippen LogP contribution in [0.2, 0.25) is 0 Å². The third-order valence-electron chi connectivity index (χ3n) is 4.27. The summed E-state index contributed by atoms with van der Waals surface area (Å²) in [5.74, 6) is -0.108. The van der Waals surface area contributed by atoms with E-state index in [-0.39, 0.29) is 17.9 Å². The molecule has 1 saturated carbocycles. The monoisotopic (exact) mass is 309 g/mol. The summed E-state index contributed by atoms with van der Waals surface area (Å²) in [5, 5.41) is 15.9. The van der Waals surface area contributed by atoms with Crippen LogP contribution < -0.4 is 11.1 Å². The smallest absolute Gasteiger partial charge is 0.229 e. The van der Waals surface area contributed by atoms with E-state index in [1.807, 2.05) is 30.3 Å². The number of carbonyl (C=O) groups is 1. The Morgan fingerprint density at radius 2 is 2.04 bits per heavy atom. The number of nitrogens with two attached hydrogens (primary N) is 1. The van der Waals surface area contributed by atoms with Gasteiger partial charge in [-0.3, -0.25) is 4.79 Å². The molecule has 0 bridgehead atoms. The van der Waals surface area contributed by atoms with Gasteiger partial charge in [0.25, 0.3) is 0 Å². The Morgan fingerprint density at radius 1 is 1.30 bits per heavy atom. The highest BCUT2D eigenvalue weighted by molar-refractivity contribution is 5.93. The summed E-state index contributed by atoms with van der Waals surface area (Å²) in [6, 6.07) is 9.36. The molecule has 1 aliphatic rings. The van der Waals surface area contributed by atoms with Gasteiger partial charge in [0.15, 0.2) is 0 Å². The Morgan fingerprint density at radius 3 is 2.70 bits per heavy atom. The highest BCUT2D eigenvalue weighted by atomic mass is 16.1. The lowest BCUT2D eigenvalue weighted by Crippen LogP contribution is -2.40. The number of aromatic nitrogens is 2. The summed E-state index contributed by atoms with van der Waals surface area (Å²) in [5.41, 5.74) is 8.13. The van der Waals surface area contributed by atoms with Gasteiger partial charge in [0, 0.05) is 17.9 Å². The zero-order chi connectivity index (χ0) is 16.2. The average molecular weight is 309 g/mol. The number of nitrogens with zero attached hydrogens (tertiary/aromatic N) is 3. The Balaban J connectivity index is 1.67. The summed E-state index contributed by atoms with van der Waals surface area (Å²) in [6.07, 6.45) is 7.11. The second-order valence-corrected chi connectivity index (χ2v) is 5.88. The molecule has 2 atom stereocenters. The van der Waals surface area contributed by atoms with Gasteiger partial charge in [0.2, 0.25) is 5.91 Å². The first kappa shape index (κ1) is 15.3. The van der Waals surface area contributed by atoms with Crippen molar-refractivity contribution in [2.45, 2.75) is 31.7 Å². The molecule has 0 aliphatic heterocycles. The standard InChI is InChI=1S/C17H19N5O/c18-9-12-10-20-22(11-12)14-7-5-13(6-8-14)21-17(23)15-3-1-2-4-16(15)19/h5-8,10-11,15-16H,1-4,19H2,(H,21,23)/t15-,16+/m0/s1. The Kier molecular flexibility index (Phi) is 4.40. The summed E-state index contributed by atoms with van der Waals surface area (Å²) in [7, 11) is 0. The first-order chi connectivity index (χ1) is 11.2. The SMILES string of the molecule is N#Cc1cnn(-c2ccc(NC(=O)[C@H]3CCCC[C@H]3N)cc2)c1. The van der Waals surface area contributed by atoms with Crippen molar-refractivity contribution in [2.24, 2.45) is 11.7 Å². The normalized spacial score (nSPS) is 20.7. The van der Waals surface area contributed by atoms with Crippen LogP contribution in [0.5, 0.6) is 0 Å². The van der Waals surface area contributed by atoms with Crippen LogP contribution >= 0.6 is 0 Å². The first-order valence-corrected chi connectivity index (χ1v) is 7.79. The number of nitriles is 1. The summed E-state index contributed by atoms with van der Waals surface area (Å²) in [6.45, 7) is 0. The van der Waals surface area contributed by atoms with E-state index in [4.69, 9.17) is 11.0 Å². The number of hydrogen-bond acceptors (Lipinski definition) is 4. The predicted octanol–water partition coefficient (Wildman–Crippen LogP) is 2.20. The predicted molar refractivity (Wildman–Crippen MR) is 86.8 cm³/mol. The van der Waals surface area contributed by atoms with Crippen LogP contribution in [0.4, 0.5) is 5.69 Å². The molecule has 1 aromatic carbocycles. The minimum Gasteiger partial charge on any atom is -0.327 e. The van der Waals surface area contributed by atoms with Gasteiger partial charge < -0.3 is 11.1 Å². The molecule has 0 spiro atoms. The maximum atomic E-state index is 12.3. The van der Waals surface area contributed by atoms with Crippen molar-refractivity contribution in [3.8, 4) is 11.8 Å². The maximum absolute atomic E-state index is 12.3. The second-order valence-electron chi connectivity index (χ2n) is 5.88. The minimum atomic E-state index is -0.104. The van der Waals surface area contributed by atoms with Crippen LogP contribution in [0.15, 0.2) is 36.7 Å². The molecule has 1 amide bonds. The zero-order valence-corrected chi connectivity index (χ0v) is 12.8. The molecular weight excluding hydrogens is 290 g/mol. The number of hydrogen-bond donors (Lipinski definition) is 2. The topological polar surface area (TPSA) is 96.7 Å². The number of rotatable bonds is 3. The average Bonchev–Trinajstić information content (AvgIpc) is 3.05. The van der Waals surface area contributed by atoms with Gasteiger partial charge in [0.1, 0.15) is 6.07 Å². The number of amides is 1. The molecule has 1 aromatic heterocycles. The molecule has 23 heavy (non-hydrogen) atoms. The molecule has 118 valence electrons. The molecule has 6 heteroatoms. The quantitative estimate of drug-likeness (QED) is 0.908. The number of carbonyl (C=O) groups excluding carboxylic acids is 1. The van der Waals surface area contributed by atoms with Crippen molar-refractivity contribution < 1.29 is 4.79 Å². The van der Waals surface area contributed by atoms with Gasteiger partial charge in [0.05, 0.1) is 23.4 Å². The lowest BCUT2D eigenvalue weighted by Gasteiger charge is -2.27. The van der Waals surface area contributed by atoms with Gasteiger partial charge >= 0.3 is 0 Å². The minimum absolute atomic E-state index is 0.00388. The number of benzene rings is 1. The van der Waals surface area contributed by atoms with Gasteiger partial charge in [-0.15, -0.1) is 0 Å². The van der Waals surface area contributed by atoms with E-state index in [0.29, 0.717) is 5.56 Å². The largest absolute Gasteiger partial charge is 0.327 e. The van der Waals surface area contributed by atoms with E-state index >= 15 is 0 Å². The van der Waals surface area contributed by atoms with E-state index in [1.54, 1.807) is 10.9 Å². The van der Waals surface area contributed by atoms with Gasteiger partial charge in [-0.1, -0.05) is 12.8 Å². The summed E-state index contributed by atoms with van der Waals surface area (Å²) < 4.78 is 1.63. The maximum Gasteiger partial charge on any atom is 0.229 e. The third kappa shape index (κ3) is 3.41. The fourth-order valence-electron chi connectivity index (χ4n) is 2.94. The van der Waals surface area contributed by atoms with Crippen LogP contribution in [0, 0.1) is 17.2 Å². The lowest BCUT2D eigenvalue weighted by molar-refractivity contribution is -0.121. The zero-order valence-electron chi connectivity index (χ0n) is 12.8. The molecule has 0 saturated heterocycles. The third-order valence-corrected chi connectivity index (χ3v) is 4.27. The fraction of sp³-hybridized carbons (Fsp3) is 0.353. The molecule has 0 unspecified atom stereocenters. The lowest BCUT2D eigenvalue weighted by atomic mass is 9.84. The Labute approximate surface area is 134 Å². The molecular formula is C17H19N5O. The Hall–Kier alpha value is -2.65. The van der Waals surface area contributed by atoms with Crippen molar-refractivity contribution in [2.75, 3.05) is 5.32 Å². The van der Waals surface area contributed by atoms with E-state index in [0.717, 1.165) is 37.1 Å². The summed E-state index contributed by atoms with van der Waals surface area (Å²) in [4.78, 5) is 12.3. The molecule has 1 aliphatic carbocycles. The van der Waals surface area contributed by atoms with Crippen LogP contribution in [0.1, 0.15) is 31.2 Å². The first-order valence-electron chi connectivity index (χ1n) is 7.79. The summed E-state index contributed by atoms with van der Waals surface area (Å²) >= 11 is 0. The van der Waals surface area contributed by atoms with E-state index in [2.05, 4.69) is 10.4 Å². The van der Waals surface area contributed by atoms with Crippen molar-refractivity contribution >= 4 is 11.6 Å². The van der Waals surface area contributed by atoms with Crippen molar-refractivity contribution in [3.05, 3.63) is 42.2 Å². The van der Waals surface area contributed by atoms with Crippen molar-refractivity contribution in [3.63, 3.8) is 0 Å². The van der Waals surface area contributed by atoms with Gasteiger partial charge in [-0.2, -0.15) is 10.4 Å². The highest BCUT2D eigenvalue weighted by Gasteiger charge is 2.28. The van der Waals surface area contributed by atoms with Crippen LogP contribution in [-0.2, 0) is 4.79 Å². The number of nitrogens with one attached hydrogen (secondary N) is 1. The molecule has 6 nitrogen and oxygen atoms in total. The molecule has 1 fully saturated rings.